The van der Waals surface area contributed by atoms with E-state index in [1.165, 1.54) is 0 Å². The van der Waals surface area contributed by atoms with Crippen molar-refractivity contribution >= 4 is 11.8 Å². The van der Waals surface area contributed by atoms with Crippen LogP contribution in [0.2, 0.25) is 0 Å². The number of rotatable bonds is 5. The molecule has 4 rings (SSSR count). The van der Waals surface area contributed by atoms with Gasteiger partial charge in [0.25, 0.3) is 5.91 Å². The zero-order valence-electron chi connectivity index (χ0n) is 15.3. The molecule has 142 valence electrons. The van der Waals surface area contributed by atoms with Crippen molar-refractivity contribution in [2.75, 3.05) is 20.2 Å². The summed E-state index contributed by atoms with van der Waals surface area (Å²) in [6.07, 6.45) is 5.18. The van der Waals surface area contributed by atoms with Crippen LogP contribution in [-0.4, -0.2) is 57.9 Å². The fraction of sp³-hybridized carbons (Fsp3) is 0.474. The zero-order valence-corrected chi connectivity index (χ0v) is 15.3. The van der Waals surface area contributed by atoms with E-state index in [1.54, 1.807) is 28.8 Å². The van der Waals surface area contributed by atoms with Crippen LogP contribution in [0.25, 0.3) is 5.69 Å². The van der Waals surface area contributed by atoms with Crippen LogP contribution in [-0.2, 0) is 9.53 Å². The maximum absolute atomic E-state index is 12.5. The summed E-state index contributed by atoms with van der Waals surface area (Å²) >= 11 is 0. The van der Waals surface area contributed by atoms with Crippen molar-refractivity contribution < 1.29 is 14.3 Å². The van der Waals surface area contributed by atoms with Gasteiger partial charge in [-0.25, -0.2) is 4.68 Å². The van der Waals surface area contributed by atoms with Crippen molar-refractivity contribution in [3.05, 3.63) is 41.7 Å². The summed E-state index contributed by atoms with van der Waals surface area (Å²) in [4.78, 5) is 25.8. The highest BCUT2D eigenvalue weighted by Gasteiger charge is 2.27. The van der Waals surface area contributed by atoms with Crippen LogP contribution >= 0.6 is 0 Å². The number of benzene rings is 1. The molecule has 1 aromatic heterocycles. The molecule has 0 aliphatic carbocycles. The van der Waals surface area contributed by atoms with Crippen molar-refractivity contribution in [2.45, 2.75) is 37.8 Å². The largest absolute Gasteiger partial charge is 0.372 e. The third-order valence-corrected chi connectivity index (χ3v) is 5.27. The fourth-order valence-electron chi connectivity index (χ4n) is 3.57. The molecule has 1 aromatic carbocycles. The molecule has 0 saturated carbocycles. The molecule has 2 saturated heterocycles. The van der Waals surface area contributed by atoms with Gasteiger partial charge in [-0.05, 0) is 37.5 Å². The number of nitrogens with zero attached hydrogens (tertiary/aromatic N) is 4. The van der Waals surface area contributed by atoms with Gasteiger partial charge in [0.15, 0.2) is 0 Å². The molecule has 1 N–H and O–H groups in total. The van der Waals surface area contributed by atoms with Gasteiger partial charge in [-0.2, -0.15) is 0 Å². The molecule has 2 amide bonds. The molecule has 2 aromatic rings. The topological polar surface area (TPSA) is 89.4 Å². The van der Waals surface area contributed by atoms with Crippen LogP contribution in [0, 0.1) is 0 Å². The van der Waals surface area contributed by atoms with Gasteiger partial charge in [-0.3, -0.25) is 9.59 Å². The van der Waals surface area contributed by atoms with Gasteiger partial charge in [0.05, 0.1) is 11.9 Å². The highest BCUT2D eigenvalue weighted by Crippen LogP contribution is 2.27. The summed E-state index contributed by atoms with van der Waals surface area (Å²) in [6, 6.07) is 7.32. The number of carbonyl (C=O) groups excluding carboxylic acids is 2. The molecule has 2 fully saturated rings. The van der Waals surface area contributed by atoms with E-state index in [0.717, 1.165) is 37.3 Å². The van der Waals surface area contributed by atoms with E-state index >= 15 is 0 Å². The summed E-state index contributed by atoms with van der Waals surface area (Å²) in [5.41, 5.74) is 2.14. The number of ether oxygens (including phenoxy) is 1. The van der Waals surface area contributed by atoms with Gasteiger partial charge in [-0.15, -0.1) is 5.10 Å². The predicted octanol–water partition coefficient (Wildman–Crippen LogP) is 1.47. The van der Waals surface area contributed by atoms with Crippen LogP contribution in [0.3, 0.4) is 0 Å². The Morgan fingerprint density at radius 3 is 3.00 bits per heavy atom. The minimum absolute atomic E-state index is 0.0105. The highest BCUT2D eigenvalue weighted by molar-refractivity contribution is 5.94. The number of aromatic nitrogens is 3. The summed E-state index contributed by atoms with van der Waals surface area (Å²) < 4.78 is 7.30. The average Bonchev–Trinajstić information content (AvgIpc) is 3.43. The lowest BCUT2D eigenvalue weighted by Crippen LogP contribution is -2.39. The molecule has 2 aliphatic heterocycles. The van der Waals surface area contributed by atoms with Gasteiger partial charge in [0, 0.05) is 38.2 Å². The summed E-state index contributed by atoms with van der Waals surface area (Å²) in [6.45, 7) is 1.22. The molecule has 2 unspecified atom stereocenters. The van der Waals surface area contributed by atoms with Crippen LogP contribution in [0.15, 0.2) is 30.5 Å². The summed E-state index contributed by atoms with van der Waals surface area (Å²) in [7, 11) is 1.78. The Labute approximate surface area is 157 Å². The number of hydrogen-bond acceptors (Lipinski definition) is 5. The minimum atomic E-state index is -0.163. The molecule has 0 radical (unpaired) electrons. The van der Waals surface area contributed by atoms with E-state index in [4.69, 9.17) is 4.74 Å². The molecule has 0 bridgehead atoms. The Bertz CT molecular complexity index is 843. The number of likely N-dealkylation sites (N-methyl/N-ethyl adjacent to an activating group) is 1. The van der Waals surface area contributed by atoms with Gasteiger partial charge < -0.3 is 15.0 Å². The smallest absolute Gasteiger partial charge is 0.251 e. The number of nitrogens with one attached hydrogen (secondary N) is 1. The molecule has 2 atom stereocenters. The molecule has 8 heteroatoms. The SMILES string of the molecule is CN1C(=O)CCC1CNC(=O)c1cccc(-n2cc(C3CCCO3)nn2)c1. The second-order valence-electron chi connectivity index (χ2n) is 7.05. The third-order valence-electron chi connectivity index (χ3n) is 5.27. The second kappa shape index (κ2) is 7.48. The monoisotopic (exact) mass is 369 g/mol. The quantitative estimate of drug-likeness (QED) is 0.862. The summed E-state index contributed by atoms with van der Waals surface area (Å²) in [5, 5.41) is 11.3. The number of hydrogen-bond donors (Lipinski definition) is 1. The molecular weight excluding hydrogens is 346 g/mol. The van der Waals surface area contributed by atoms with Crippen LogP contribution in [0.4, 0.5) is 0 Å². The normalized spacial score (nSPS) is 22.4. The zero-order chi connectivity index (χ0) is 18.8. The Morgan fingerprint density at radius 1 is 1.37 bits per heavy atom. The highest BCUT2D eigenvalue weighted by atomic mass is 16.5. The van der Waals surface area contributed by atoms with E-state index in [9.17, 15) is 9.59 Å². The Balaban J connectivity index is 1.42. The number of carbonyl (C=O) groups is 2. The maximum atomic E-state index is 12.5. The molecule has 2 aliphatic rings. The van der Waals surface area contributed by atoms with Crippen LogP contribution in [0.1, 0.15) is 47.8 Å². The van der Waals surface area contributed by atoms with Crippen LogP contribution < -0.4 is 5.32 Å². The third kappa shape index (κ3) is 3.71. The van der Waals surface area contributed by atoms with E-state index < -0.39 is 0 Å². The van der Waals surface area contributed by atoms with Gasteiger partial charge in [0.1, 0.15) is 11.8 Å². The van der Waals surface area contributed by atoms with E-state index in [1.807, 2.05) is 18.3 Å². The number of likely N-dealkylation sites (tertiary alicyclic amines) is 1. The summed E-state index contributed by atoms with van der Waals surface area (Å²) in [5.74, 6) is -0.0338. The van der Waals surface area contributed by atoms with Crippen LogP contribution in [0.5, 0.6) is 0 Å². The van der Waals surface area contributed by atoms with Crippen molar-refractivity contribution in [1.82, 2.24) is 25.2 Å². The Morgan fingerprint density at radius 2 is 2.26 bits per heavy atom. The molecule has 27 heavy (non-hydrogen) atoms. The predicted molar refractivity (Wildman–Crippen MR) is 97.4 cm³/mol. The van der Waals surface area contributed by atoms with Crippen molar-refractivity contribution in [2.24, 2.45) is 0 Å². The Hall–Kier alpha value is -2.74. The van der Waals surface area contributed by atoms with E-state index in [0.29, 0.717) is 18.5 Å². The minimum Gasteiger partial charge on any atom is -0.372 e. The first-order valence-corrected chi connectivity index (χ1v) is 9.30. The van der Waals surface area contributed by atoms with E-state index in [2.05, 4.69) is 15.6 Å². The lowest BCUT2D eigenvalue weighted by Gasteiger charge is -2.20. The lowest BCUT2D eigenvalue weighted by molar-refractivity contribution is -0.127. The average molecular weight is 369 g/mol. The van der Waals surface area contributed by atoms with Gasteiger partial charge >= 0.3 is 0 Å². The van der Waals surface area contributed by atoms with E-state index in [-0.39, 0.29) is 24.0 Å². The van der Waals surface area contributed by atoms with Gasteiger partial charge in [0.2, 0.25) is 5.91 Å². The first-order valence-electron chi connectivity index (χ1n) is 9.30. The van der Waals surface area contributed by atoms with Crippen molar-refractivity contribution in [3.8, 4) is 5.69 Å². The van der Waals surface area contributed by atoms with Crippen molar-refractivity contribution in [1.29, 1.82) is 0 Å². The van der Waals surface area contributed by atoms with Crippen molar-refractivity contribution in [3.63, 3.8) is 0 Å². The maximum Gasteiger partial charge on any atom is 0.251 e. The number of amides is 2. The lowest BCUT2D eigenvalue weighted by atomic mass is 10.1. The second-order valence-corrected chi connectivity index (χ2v) is 7.05. The molecule has 3 heterocycles. The van der Waals surface area contributed by atoms with Gasteiger partial charge in [-0.1, -0.05) is 11.3 Å². The first kappa shape index (κ1) is 17.7. The molecular formula is C19H23N5O3. The fourth-order valence-corrected chi connectivity index (χ4v) is 3.57. The Kier molecular flexibility index (Phi) is 4.89. The molecule has 0 spiro atoms. The standard InChI is InChI=1S/C19H23N5O3/c1-23-15(7-8-18(23)25)11-20-19(26)13-4-2-5-14(10-13)24-12-16(21-22-24)17-6-3-9-27-17/h2,4-5,10,12,15,17H,3,6-9,11H2,1H3,(H,20,26). The first-order chi connectivity index (χ1) is 13.1. The molecule has 8 nitrogen and oxygen atoms in total.